The van der Waals surface area contributed by atoms with Gasteiger partial charge in [-0.1, -0.05) is 50.2 Å². The highest BCUT2D eigenvalue weighted by molar-refractivity contribution is 5.96. The van der Waals surface area contributed by atoms with Crippen LogP contribution in [0.3, 0.4) is 0 Å². The van der Waals surface area contributed by atoms with Crippen molar-refractivity contribution in [2.75, 3.05) is 7.11 Å². The summed E-state index contributed by atoms with van der Waals surface area (Å²) in [5.74, 6) is -0.844. The number of carbonyl (C=O) groups excluding carboxylic acids is 3. The number of esters is 2. The molecule has 1 heterocycles. The van der Waals surface area contributed by atoms with Crippen molar-refractivity contribution < 1.29 is 23.9 Å². The number of hydrogen-bond donors (Lipinski definition) is 0. The summed E-state index contributed by atoms with van der Waals surface area (Å²) in [5.41, 5.74) is 4.52. The molecule has 6 heteroatoms. The zero-order chi connectivity index (χ0) is 25.0. The van der Waals surface area contributed by atoms with Crippen molar-refractivity contribution in [3.8, 4) is 0 Å². The maximum Gasteiger partial charge on any atom is 0.337 e. The molecule has 0 aliphatic carbocycles. The van der Waals surface area contributed by atoms with E-state index in [9.17, 15) is 14.4 Å². The van der Waals surface area contributed by atoms with E-state index in [4.69, 9.17) is 9.47 Å². The number of benzene rings is 2. The molecule has 34 heavy (non-hydrogen) atoms. The normalized spacial score (nSPS) is 16.3. The van der Waals surface area contributed by atoms with E-state index < -0.39 is 11.9 Å². The van der Waals surface area contributed by atoms with Gasteiger partial charge < -0.3 is 14.4 Å². The van der Waals surface area contributed by atoms with Crippen LogP contribution < -0.4 is 0 Å². The van der Waals surface area contributed by atoms with Crippen LogP contribution in [0.15, 0.2) is 59.8 Å². The predicted molar refractivity (Wildman–Crippen MR) is 130 cm³/mol. The molecule has 1 aliphatic heterocycles. The highest BCUT2D eigenvalue weighted by atomic mass is 16.5. The van der Waals surface area contributed by atoms with Gasteiger partial charge in [-0.25, -0.2) is 9.59 Å². The molecule has 1 atom stereocenters. The van der Waals surface area contributed by atoms with Gasteiger partial charge in [0.1, 0.15) is 0 Å². The molecule has 2 aromatic rings. The maximum atomic E-state index is 13.2. The lowest BCUT2D eigenvalue weighted by atomic mass is 9.83. The third kappa shape index (κ3) is 5.56. The standard InChI is InChI=1S/C28H33NO5/c1-17(2)21-11-13-22(14-12-21)24-15-25(30)29(19(5)26(24)28(32)34-18(3)4)16-20-7-9-23(10-8-20)27(31)33-6/h7-14,17-18,24H,15-16H2,1-6H3. The Kier molecular flexibility index (Phi) is 7.92. The van der Waals surface area contributed by atoms with E-state index in [1.165, 1.54) is 12.7 Å². The van der Waals surface area contributed by atoms with E-state index in [0.717, 1.165) is 11.1 Å². The van der Waals surface area contributed by atoms with Gasteiger partial charge in [0, 0.05) is 18.0 Å². The SMILES string of the molecule is COC(=O)c1ccc(CN2C(=O)CC(c3ccc(C(C)C)cc3)C(C(=O)OC(C)C)=C2C)cc1. The van der Waals surface area contributed by atoms with Gasteiger partial charge in [0.15, 0.2) is 0 Å². The lowest BCUT2D eigenvalue weighted by Gasteiger charge is -2.35. The Morgan fingerprint density at radius 2 is 1.59 bits per heavy atom. The van der Waals surface area contributed by atoms with Crippen molar-refractivity contribution >= 4 is 17.8 Å². The maximum absolute atomic E-state index is 13.2. The highest BCUT2D eigenvalue weighted by Gasteiger charge is 2.37. The largest absolute Gasteiger partial charge is 0.465 e. The summed E-state index contributed by atoms with van der Waals surface area (Å²) < 4.78 is 10.3. The number of methoxy groups -OCH3 is 1. The van der Waals surface area contributed by atoms with E-state index in [1.54, 1.807) is 36.1 Å². The summed E-state index contributed by atoms with van der Waals surface area (Å²) in [7, 11) is 1.33. The molecule has 0 aromatic heterocycles. The molecule has 0 bridgehead atoms. The van der Waals surface area contributed by atoms with Crippen LogP contribution in [0.5, 0.6) is 0 Å². The van der Waals surface area contributed by atoms with Crippen LogP contribution >= 0.6 is 0 Å². The molecule has 1 amide bonds. The van der Waals surface area contributed by atoms with E-state index in [1.807, 2.05) is 26.0 Å². The predicted octanol–water partition coefficient (Wildman–Crippen LogP) is 5.34. The number of rotatable bonds is 7. The summed E-state index contributed by atoms with van der Waals surface area (Å²) in [6.07, 6.45) is -0.0880. The van der Waals surface area contributed by atoms with E-state index in [-0.39, 0.29) is 24.3 Å². The van der Waals surface area contributed by atoms with Gasteiger partial charge in [0.05, 0.1) is 30.9 Å². The minimum absolute atomic E-state index is 0.0615. The lowest BCUT2D eigenvalue weighted by molar-refractivity contribution is -0.143. The fraction of sp³-hybridized carbons (Fsp3) is 0.393. The minimum Gasteiger partial charge on any atom is -0.465 e. The molecule has 2 aromatic carbocycles. The van der Waals surface area contributed by atoms with Crippen molar-refractivity contribution in [1.29, 1.82) is 0 Å². The molecule has 1 aliphatic rings. The van der Waals surface area contributed by atoms with Gasteiger partial charge in [-0.3, -0.25) is 4.79 Å². The second-order valence-corrected chi connectivity index (χ2v) is 9.20. The van der Waals surface area contributed by atoms with Gasteiger partial charge in [-0.15, -0.1) is 0 Å². The minimum atomic E-state index is -0.415. The molecule has 180 valence electrons. The van der Waals surface area contributed by atoms with Crippen LogP contribution in [0, 0.1) is 0 Å². The number of ether oxygens (including phenoxy) is 2. The average molecular weight is 464 g/mol. The zero-order valence-electron chi connectivity index (χ0n) is 20.8. The molecule has 0 saturated heterocycles. The Morgan fingerprint density at radius 3 is 2.12 bits per heavy atom. The highest BCUT2D eigenvalue weighted by Crippen LogP contribution is 2.38. The number of amides is 1. The molecule has 0 spiro atoms. The third-order valence-electron chi connectivity index (χ3n) is 6.11. The first-order chi connectivity index (χ1) is 16.1. The van der Waals surface area contributed by atoms with Crippen molar-refractivity contribution in [3.63, 3.8) is 0 Å². The van der Waals surface area contributed by atoms with Gasteiger partial charge in [0.2, 0.25) is 5.91 Å². The van der Waals surface area contributed by atoms with E-state index in [0.29, 0.717) is 29.3 Å². The number of allylic oxidation sites excluding steroid dienone is 1. The molecule has 0 radical (unpaired) electrons. The van der Waals surface area contributed by atoms with E-state index in [2.05, 4.69) is 26.0 Å². The Hall–Kier alpha value is -3.41. The first kappa shape index (κ1) is 25.2. The molecule has 3 rings (SSSR count). The van der Waals surface area contributed by atoms with Gasteiger partial charge >= 0.3 is 11.9 Å². The Bertz CT molecular complexity index is 1080. The van der Waals surface area contributed by atoms with Crippen LogP contribution in [0.4, 0.5) is 0 Å². The fourth-order valence-corrected chi connectivity index (χ4v) is 4.19. The van der Waals surface area contributed by atoms with Crippen LogP contribution in [-0.2, 0) is 25.6 Å². The smallest absolute Gasteiger partial charge is 0.337 e. The third-order valence-corrected chi connectivity index (χ3v) is 6.11. The topological polar surface area (TPSA) is 72.9 Å². The van der Waals surface area contributed by atoms with Crippen LogP contribution in [0.2, 0.25) is 0 Å². The van der Waals surface area contributed by atoms with Crippen molar-refractivity contribution in [3.05, 3.63) is 82.1 Å². The fourth-order valence-electron chi connectivity index (χ4n) is 4.19. The summed E-state index contributed by atoms with van der Waals surface area (Å²) in [5, 5.41) is 0. The molecule has 0 fully saturated rings. The molecular weight excluding hydrogens is 430 g/mol. The number of hydrogen-bond acceptors (Lipinski definition) is 5. The van der Waals surface area contributed by atoms with Gasteiger partial charge in [0.25, 0.3) is 0 Å². The van der Waals surface area contributed by atoms with Crippen LogP contribution in [0.1, 0.15) is 79.9 Å². The van der Waals surface area contributed by atoms with Gasteiger partial charge in [-0.2, -0.15) is 0 Å². The van der Waals surface area contributed by atoms with Crippen LogP contribution in [0.25, 0.3) is 0 Å². The average Bonchev–Trinajstić information content (AvgIpc) is 2.80. The first-order valence-electron chi connectivity index (χ1n) is 11.6. The quantitative estimate of drug-likeness (QED) is 0.519. The monoisotopic (exact) mass is 463 g/mol. The summed E-state index contributed by atoms with van der Waals surface area (Å²) in [6, 6.07) is 15.0. The van der Waals surface area contributed by atoms with Crippen molar-refractivity contribution in [1.82, 2.24) is 4.90 Å². The molecule has 1 unspecified atom stereocenters. The Balaban J connectivity index is 1.97. The first-order valence-corrected chi connectivity index (χ1v) is 11.6. The molecular formula is C28H33NO5. The Labute approximate surface area is 201 Å². The number of carbonyl (C=O) groups is 3. The van der Waals surface area contributed by atoms with Crippen LogP contribution in [-0.4, -0.2) is 36.0 Å². The molecule has 0 N–H and O–H groups in total. The summed E-state index contributed by atoms with van der Waals surface area (Å²) in [4.78, 5) is 39.7. The zero-order valence-corrected chi connectivity index (χ0v) is 20.8. The van der Waals surface area contributed by atoms with Gasteiger partial charge in [-0.05, 0) is 55.5 Å². The Morgan fingerprint density at radius 1 is 0.971 bits per heavy atom. The summed E-state index contributed by atoms with van der Waals surface area (Å²) >= 11 is 0. The number of nitrogens with zero attached hydrogens (tertiary/aromatic N) is 1. The molecule has 6 nitrogen and oxygen atoms in total. The summed E-state index contributed by atoms with van der Waals surface area (Å²) in [6.45, 7) is 9.98. The second-order valence-electron chi connectivity index (χ2n) is 9.20. The van der Waals surface area contributed by atoms with E-state index >= 15 is 0 Å². The van der Waals surface area contributed by atoms with Crippen molar-refractivity contribution in [2.24, 2.45) is 0 Å². The lowest BCUT2D eigenvalue weighted by Crippen LogP contribution is -2.38. The molecule has 0 saturated carbocycles. The van der Waals surface area contributed by atoms with Crippen molar-refractivity contribution in [2.45, 2.75) is 65.5 Å². The second kappa shape index (κ2) is 10.7.